The van der Waals surface area contributed by atoms with E-state index in [1.807, 2.05) is 43.7 Å². The Balaban J connectivity index is 1.36. The molecule has 1 aromatic carbocycles. The zero-order valence-electron chi connectivity index (χ0n) is 21.8. The van der Waals surface area contributed by atoms with Gasteiger partial charge in [-0.15, -0.1) is 0 Å². The van der Waals surface area contributed by atoms with Crippen molar-refractivity contribution < 1.29 is 8.78 Å². The van der Waals surface area contributed by atoms with Crippen molar-refractivity contribution in [3.63, 3.8) is 0 Å². The molecule has 3 aromatic heterocycles. The molecule has 8 nitrogen and oxygen atoms in total. The smallest absolute Gasteiger partial charge is 0.229 e. The standard InChI is InChI=1S/C27H32F2N8/c1-16(2)37-17(3)32-26-21(28)10-19(11-23(26)37)25-22(29)13-31-27(34-25)33-24-7-6-18(12-30-24)14-36-9-8-20(15-36)35(4)5/h6-7,10-13,16,20H,8-9,14-15H2,1-5H3,(H,30,31,33,34)/t20-/m0/s1. The predicted molar refractivity (Wildman–Crippen MR) is 141 cm³/mol. The van der Waals surface area contributed by atoms with Crippen molar-refractivity contribution in [1.29, 1.82) is 0 Å². The summed E-state index contributed by atoms with van der Waals surface area (Å²) in [7, 11) is 4.24. The second-order valence-electron chi connectivity index (χ2n) is 10.2. The summed E-state index contributed by atoms with van der Waals surface area (Å²) in [5.41, 5.74) is 2.31. The van der Waals surface area contributed by atoms with Crippen molar-refractivity contribution in [2.75, 3.05) is 32.5 Å². The normalized spacial score (nSPS) is 16.4. The zero-order chi connectivity index (χ0) is 26.3. The van der Waals surface area contributed by atoms with E-state index in [0.717, 1.165) is 31.4 Å². The number of halogens is 2. The monoisotopic (exact) mass is 506 g/mol. The highest BCUT2D eigenvalue weighted by molar-refractivity contribution is 5.83. The molecule has 0 aliphatic carbocycles. The van der Waals surface area contributed by atoms with Crippen molar-refractivity contribution >= 4 is 22.8 Å². The molecule has 0 amide bonds. The lowest BCUT2D eigenvalue weighted by atomic mass is 10.1. The number of hydrogen-bond donors (Lipinski definition) is 1. The minimum atomic E-state index is -0.637. The molecule has 4 heterocycles. The van der Waals surface area contributed by atoms with Gasteiger partial charge < -0.3 is 14.8 Å². The Morgan fingerprint density at radius 3 is 2.57 bits per heavy atom. The summed E-state index contributed by atoms with van der Waals surface area (Å²) in [6.07, 6.45) is 4.08. The molecule has 1 fully saturated rings. The Morgan fingerprint density at radius 2 is 1.89 bits per heavy atom. The molecule has 194 valence electrons. The van der Waals surface area contributed by atoms with Crippen LogP contribution in [0.15, 0.2) is 36.7 Å². The first-order valence-corrected chi connectivity index (χ1v) is 12.5. The molecule has 0 spiro atoms. The SMILES string of the molecule is Cc1nc2c(F)cc(-c3nc(Nc4ccc(CN5CC[C@H](N(C)C)C5)cn4)ncc3F)cc2n1C(C)C. The molecule has 1 aliphatic rings. The number of likely N-dealkylation sites (N-methyl/N-ethyl adjacent to an activating group) is 1. The van der Waals surface area contributed by atoms with E-state index in [1.54, 1.807) is 6.07 Å². The molecule has 0 bridgehead atoms. The van der Waals surface area contributed by atoms with E-state index in [4.69, 9.17) is 0 Å². The zero-order valence-corrected chi connectivity index (χ0v) is 21.8. The maximum atomic E-state index is 14.9. The molecular formula is C27H32F2N8. The Morgan fingerprint density at radius 1 is 1.08 bits per heavy atom. The molecule has 1 aliphatic heterocycles. The molecule has 0 radical (unpaired) electrons. The van der Waals surface area contributed by atoms with Gasteiger partial charge >= 0.3 is 0 Å². The third-order valence-corrected chi connectivity index (χ3v) is 6.91. The number of aromatic nitrogens is 5. The number of benzene rings is 1. The van der Waals surface area contributed by atoms with E-state index in [0.29, 0.717) is 28.8 Å². The van der Waals surface area contributed by atoms with Crippen molar-refractivity contribution in [3.8, 4) is 11.3 Å². The molecule has 0 saturated carbocycles. The van der Waals surface area contributed by atoms with Gasteiger partial charge in [0.1, 0.15) is 22.9 Å². The van der Waals surface area contributed by atoms with E-state index in [2.05, 4.69) is 49.1 Å². The quantitative estimate of drug-likeness (QED) is 0.381. The summed E-state index contributed by atoms with van der Waals surface area (Å²) in [6.45, 7) is 8.78. The molecule has 5 rings (SSSR count). The number of imidazole rings is 1. The molecule has 1 saturated heterocycles. The van der Waals surface area contributed by atoms with Crippen molar-refractivity contribution in [3.05, 3.63) is 59.7 Å². The van der Waals surface area contributed by atoms with E-state index in [-0.39, 0.29) is 23.2 Å². The Kier molecular flexibility index (Phi) is 6.87. The third-order valence-electron chi connectivity index (χ3n) is 6.91. The third kappa shape index (κ3) is 5.17. The average molecular weight is 507 g/mol. The predicted octanol–water partition coefficient (Wildman–Crippen LogP) is 4.94. The summed E-state index contributed by atoms with van der Waals surface area (Å²) in [6, 6.07) is 7.52. The Hall–Kier alpha value is -3.50. The minimum absolute atomic E-state index is 0.00793. The highest BCUT2D eigenvalue weighted by atomic mass is 19.1. The average Bonchev–Trinajstić information content (AvgIpc) is 3.46. The van der Waals surface area contributed by atoms with Crippen LogP contribution in [0.3, 0.4) is 0 Å². The van der Waals surface area contributed by atoms with Gasteiger partial charge in [-0.3, -0.25) is 4.90 Å². The lowest BCUT2D eigenvalue weighted by molar-refractivity contribution is 0.264. The second kappa shape index (κ2) is 10.1. The van der Waals surface area contributed by atoms with Crippen LogP contribution in [-0.4, -0.2) is 67.5 Å². The number of pyridine rings is 1. The van der Waals surface area contributed by atoms with Crippen LogP contribution < -0.4 is 5.32 Å². The van der Waals surface area contributed by atoms with Crippen LogP contribution in [-0.2, 0) is 6.54 Å². The maximum Gasteiger partial charge on any atom is 0.229 e. The van der Waals surface area contributed by atoms with Gasteiger partial charge in [-0.25, -0.2) is 28.7 Å². The van der Waals surface area contributed by atoms with Gasteiger partial charge in [0.25, 0.3) is 0 Å². The van der Waals surface area contributed by atoms with Gasteiger partial charge in [0.05, 0.1) is 11.7 Å². The molecule has 1 N–H and O–H groups in total. The van der Waals surface area contributed by atoms with Gasteiger partial charge in [-0.05, 0) is 65.0 Å². The fourth-order valence-electron chi connectivity index (χ4n) is 5.03. The molecule has 10 heteroatoms. The van der Waals surface area contributed by atoms with Gasteiger partial charge in [0.2, 0.25) is 5.95 Å². The fourth-order valence-corrected chi connectivity index (χ4v) is 5.03. The van der Waals surface area contributed by atoms with Crippen LogP contribution in [0.1, 0.15) is 37.7 Å². The Labute approximate surface area is 215 Å². The number of anilines is 2. The largest absolute Gasteiger partial charge is 0.326 e. The summed E-state index contributed by atoms with van der Waals surface area (Å²) >= 11 is 0. The van der Waals surface area contributed by atoms with Crippen molar-refractivity contribution in [2.45, 2.75) is 45.8 Å². The Bertz CT molecular complexity index is 1410. The number of fused-ring (bicyclic) bond motifs is 1. The van der Waals surface area contributed by atoms with Crippen molar-refractivity contribution in [1.82, 2.24) is 34.3 Å². The van der Waals surface area contributed by atoms with Crippen LogP contribution >= 0.6 is 0 Å². The molecule has 0 unspecified atom stereocenters. The van der Waals surface area contributed by atoms with Gasteiger partial charge in [-0.2, -0.15) is 0 Å². The van der Waals surface area contributed by atoms with Crippen LogP contribution in [0, 0.1) is 18.6 Å². The minimum Gasteiger partial charge on any atom is -0.326 e. The van der Waals surface area contributed by atoms with E-state index in [1.165, 1.54) is 12.5 Å². The molecule has 1 atom stereocenters. The van der Waals surface area contributed by atoms with E-state index in [9.17, 15) is 8.78 Å². The number of rotatable bonds is 7. The lowest BCUT2D eigenvalue weighted by Crippen LogP contribution is -2.31. The number of hydrogen-bond acceptors (Lipinski definition) is 7. The van der Waals surface area contributed by atoms with Gasteiger partial charge in [0.15, 0.2) is 11.6 Å². The number of nitrogens with zero attached hydrogens (tertiary/aromatic N) is 7. The molecule has 37 heavy (non-hydrogen) atoms. The number of aryl methyl sites for hydroxylation is 1. The number of likely N-dealkylation sites (tertiary alicyclic amines) is 1. The van der Waals surface area contributed by atoms with E-state index < -0.39 is 11.6 Å². The molecule has 4 aromatic rings. The van der Waals surface area contributed by atoms with E-state index >= 15 is 0 Å². The first-order valence-electron chi connectivity index (χ1n) is 12.5. The summed E-state index contributed by atoms with van der Waals surface area (Å²) in [5.74, 6) is 0.266. The summed E-state index contributed by atoms with van der Waals surface area (Å²) < 4.78 is 31.7. The van der Waals surface area contributed by atoms with Crippen LogP contribution in [0.25, 0.3) is 22.3 Å². The lowest BCUT2D eigenvalue weighted by Gasteiger charge is -2.20. The topological polar surface area (TPSA) is 75.0 Å². The summed E-state index contributed by atoms with van der Waals surface area (Å²) in [5, 5.41) is 3.04. The first kappa shape index (κ1) is 25.2. The summed E-state index contributed by atoms with van der Waals surface area (Å²) in [4.78, 5) is 22.0. The number of nitrogens with one attached hydrogen (secondary N) is 1. The van der Waals surface area contributed by atoms with Gasteiger partial charge in [-0.1, -0.05) is 6.07 Å². The van der Waals surface area contributed by atoms with Crippen LogP contribution in [0.2, 0.25) is 0 Å². The first-order chi connectivity index (χ1) is 17.7. The second-order valence-corrected chi connectivity index (χ2v) is 10.2. The van der Waals surface area contributed by atoms with Gasteiger partial charge in [0, 0.05) is 43.5 Å². The fraction of sp³-hybridized carbons (Fsp3) is 0.407. The highest BCUT2D eigenvalue weighted by Crippen LogP contribution is 2.30. The maximum absolute atomic E-state index is 14.9. The highest BCUT2D eigenvalue weighted by Gasteiger charge is 2.24. The van der Waals surface area contributed by atoms with Crippen molar-refractivity contribution in [2.24, 2.45) is 0 Å². The van der Waals surface area contributed by atoms with Crippen LogP contribution in [0.4, 0.5) is 20.5 Å². The molecular weight excluding hydrogens is 474 g/mol. The van der Waals surface area contributed by atoms with Crippen LogP contribution in [0.5, 0.6) is 0 Å².